The van der Waals surface area contributed by atoms with E-state index in [4.69, 9.17) is 5.11 Å². The summed E-state index contributed by atoms with van der Waals surface area (Å²) in [4.78, 5) is 13.8. The first kappa shape index (κ1) is 9.16. The molecule has 1 aliphatic carbocycles. The third-order valence-electron chi connectivity index (χ3n) is 3.34. The second-order valence-corrected chi connectivity index (χ2v) is 4.18. The van der Waals surface area contributed by atoms with Gasteiger partial charge in [-0.1, -0.05) is 0 Å². The monoisotopic (exact) mass is 183 g/mol. The van der Waals surface area contributed by atoms with Gasteiger partial charge in [0.2, 0.25) is 0 Å². The fraction of sp³-hybridized carbons (Fsp3) is 0.900. The van der Waals surface area contributed by atoms with Gasteiger partial charge in [-0.25, -0.2) is 0 Å². The number of hydrogen-bond acceptors (Lipinski definition) is 3. The highest BCUT2D eigenvalue weighted by Crippen LogP contribution is 2.34. The Morgan fingerprint density at radius 1 is 1.46 bits per heavy atom. The number of aliphatic hydroxyl groups excluding tert-OH is 1. The lowest BCUT2D eigenvalue weighted by atomic mass is 9.98. The van der Waals surface area contributed by atoms with Crippen LogP contribution >= 0.6 is 0 Å². The van der Waals surface area contributed by atoms with Crippen molar-refractivity contribution in [3.63, 3.8) is 0 Å². The number of fused-ring (bicyclic) bond motifs is 2. The first-order valence-electron chi connectivity index (χ1n) is 5.19. The number of nitrogens with zero attached hydrogens (tertiary/aromatic N) is 1. The van der Waals surface area contributed by atoms with Crippen LogP contribution in [0.2, 0.25) is 0 Å². The molecule has 2 unspecified atom stereocenters. The van der Waals surface area contributed by atoms with Crippen molar-refractivity contribution in [3.05, 3.63) is 0 Å². The summed E-state index contributed by atoms with van der Waals surface area (Å²) in [6, 6.07) is 0.634. The minimum atomic E-state index is 0.237. The second kappa shape index (κ2) is 3.76. The first-order valence-corrected chi connectivity index (χ1v) is 5.19. The fourth-order valence-corrected chi connectivity index (χ4v) is 2.58. The molecule has 1 saturated carbocycles. The highest BCUT2D eigenvalue weighted by Gasteiger charge is 2.38. The molecule has 0 spiro atoms. The molecule has 2 aliphatic rings. The number of aliphatic hydroxyl groups is 1. The zero-order chi connectivity index (χ0) is 9.26. The fourth-order valence-electron chi connectivity index (χ4n) is 2.58. The Morgan fingerprint density at radius 3 is 3.08 bits per heavy atom. The lowest BCUT2D eigenvalue weighted by Gasteiger charge is -2.32. The maximum atomic E-state index is 11.5. The molecule has 1 saturated heterocycles. The number of rotatable bonds is 3. The molecule has 0 aromatic heterocycles. The molecule has 3 nitrogen and oxygen atoms in total. The normalized spacial score (nSPS) is 34.1. The van der Waals surface area contributed by atoms with Crippen LogP contribution in [0, 0.1) is 5.92 Å². The van der Waals surface area contributed by atoms with Crippen LogP contribution in [0.15, 0.2) is 0 Å². The molecule has 13 heavy (non-hydrogen) atoms. The molecule has 1 heterocycles. The molecule has 3 heteroatoms. The third kappa shape index (κ3) is 1.76. The molecule has 2 fully saturated rings. The summed E-state index contributed by atoms with van der Waals surface area (Å²) in [5, 5.41) is 8.72. The number of Topliss-reactive ketones (excluding diaryl/α,β-unsaturated/α-hetero) is 1. The van der Waals surface area contributed by atoms with Gasteiger partial charge in [-0.05, 0) is 25.7 Å². The smallest absolute Gasteiger partial charge is 0.149 e. The molecule has 2 atom stereocenters. The standard InChI is InChI=1S/C10H17NO2/c12-5-1-4-11-7-10(13)8-2-3-9(11)6-8/h8-9,12H,1-7H2. The summed E-state index contributed by atoms with van der Waals surface area (Å²) in [6.07, 6.45) is 4.15. The molecule has 74 valence electrons. The Morgan fingerprint density at radius 2 is 2.31 bits per heavy atom. The van der Waals surface area contributed by atoms with E-state index in [1.165, 1.54) is 6.42 Å². The van der Waals surface area contributed by atoms with Gasteiger partial charge in [-0.3, -0.25) is 9.69 Å². The highest BCUT2D eigenvalue weighted by molar-refractivity contribution is 5.84. The van der Waals surface area contributed by atoms with E-state index in [-0.39, 0.29) is 6.61 Å². The zero-order valence-corrected chi connectivity index (χ0v) is 7.91. The minimum absolute atomic E-state index is 0.237. The van der Waals surface area contributed by atoms with Gasteiger partial charge < -0.3 is 5.11 Å². The third-order valence-corrected chi connectivity index (χ3v) is 3.34. The van der Waals surface area contributed by atoms with Crippen LogP contribution in [0.4, 0.5) is 0 Å². The van der Waals surface area contributed by atoms with E-state index < -0.39 is 0 Å². The van der Waals surface area contributed by atoms with E-state index in [0.29, 0.717) is 24.3 Å². The maximum Gasteiger partial charge on any atom is 0.149 e. The molecule has 1 aliphatic heterocycles. The topological polar surface area (TPSA) is 40.5 Å². The molecule has 1 N–H and O–H groups in total. The number of carbonyl (C=O) groups excluding carboxylic acids is 1. The number of piperidine rings is 1. The Balaban J connectivity index is 1.92. The van der Waals surface area contributed by atoms with Gasteiger partial charge in [0.15, 0.2) is 0 Å². The van der Waals surface area contributed by atoms with Crippen molar-refractivity contribution in [1.29, 1.82) is 0 Å². The summed E-state index contributed by atoms with van der Waals surface area (Å²) in [6.45, 7) is 1.76. The average Bonchev–Trinajstić information content (AvgIpc) is 2.55. The Labute approximate surface area is 78.7 Å². The summed E-state index contributed by atoms with van der Waals surface area (Å²) < 4.78 is 0. The van der Waals surface area contributed by atoms with Crippen LogP contribution in [0.3, 0.4) is 0 Å². The summed E-state index contributed by atoms with van der Waals surface area (Å²) in [5.41, 5.74) is 0. The molecular weight excluding hydrogens is 166 g/mol. The Kier molecular flexibility index (Phi) is 2.65. The largest absolute Gasteiger partial charge is 0.396 e. The van der Waals surface area contributed by atoms with Crippen molar-refractivity contribution >= 4 is 5.78 Å². The Hall–Kier alpha value is -0.410. The van der Waals surface area contributed by atoms with Gasteiger partial charge in [0.1, 0.15) is 5.78 Å². The van der Waals surface area contributed by atoms with Crippen molar-refractivity contribution in [2.45, 2.75) is 31.7 Å². The van der Waals surface area contributed by atoms with Crippen LogP contribution in [0.5, 0.6) is 0 Å². The van der Waals surface area contributed by atoms with Gasteiger partial charge in [0, 0.05) is 25.1 Å². The van der Waals surface area contributed by atoms with Gasteiger partial charge in [-0.2, -0.15) is 0 Å². The maximum absolute atomic E-state index is 11.5. The van der Waals surface area contributed by atoms with Crippen LogP contribution in [0.25, 0.3) is 0 Å². The highest BCUT2D eigenvalue weighted by atomic mass is 16.3. The van der Waals surface area contributed by atoms with Gasteiger partial charge in [0.25, 0.3) is 0 Å². The SMILES string of the molecule is O=C1CN(CCCO)C2CCC1C2. The van der Waals surface area contributed by atoms with Crippen molar-refractivity contribution in [2.75, 3.05) is 19.7 Å². The van der Waals surface area contributed by atoms with E-state index in [2.05, 4.69) is 4.90 Å². The number of carbonyl (C=O) groups is 1. The second-order valence-electron chi connectivity index (χ2n) is 4.18. The average molecular weight is 183 g/mol. The van der Waals surface area contributed by atoms with Gasteiger partial charge in [-0.15, -0.1) is 0 Å². The Bertz CT molecular complexity index is 205. The van der Waals surface area contributed by atoms with E-state index in [1.807, 2.05) is 0 Å². The van der Waals surface area contributed by atoms with Crippen molar-refractivity contribution < 1.29 is 9.90 Å². The molecule has 0 radical (unpaired) electrons. The quantitative estimate of drug-likeness (QED) is 0.689. The number of ketones is 1. The molecule has 0 aromatic carbocycles. The van der Waals surface area contributed by atoms with Gasteiger partial charge in [0.05, 0.1) is 6.54 Å². The number of hydrogen-bond donors (Lipinski definition) is 1. The van der Waals surface area contributed by atoms with Crippen molar-refractivity contribution in [2.24, 2.45) is 5.92 Å². The summed E-state index contributed by atoms with van der Waals surface area (Å²) >= 11 is 0. The molecule has 0 amide bonds. The molecule has 2 rings (SSSR count). The predicted molar refractivity (Wildman–Crippen MR) is 49.4 cm³/mol. The van der Waals surface area contributed by atoms with Crippen LogP contribution in [0.1, 0.15) is 25.7 Å². The van der Waals surface area contributed by atoms with Crippen molar-refractivity contribution in [1.82, 2.24) is 4.90 Å². The first-order chi connectivity index (χ1) is 6.31. The molecule has 2 bridgehead atoms. The van der Waals surface area contributed by atoms with Crippen LogP contribution in [-0.4, -0.2) is 41.5 Å². The van der Waals surface area contributed by atoms with Gasteiger partial charge >= 0.3 is 0 Å². The predicted octanol–water partition coefficient (Wildman–Crippen LogP) is 0.422. The summed E-state index contributed by atoms with van der Waals surface area (Å²) in [7, 11) is 0. The van der Waals surface area contributed by atoms with Crippen LogP contribution < -0.4 is 0 Å². The minimum Gasteiger partial charge on any atom is -0.396 e. The van der Waals surface area contributed by atoms with Crippen molar-refractivity contribution in [3.8, 4) is 0 Å². The van der Waals surface area contributed by atoms with Crippen LogP contribution in [-0.2, 0) is 4.79 Å². The van der Waals surface area contributed by atoms with E-state index in [0.717, 1.165) is 25.8 Å². The molecule has 0 aromatic rings. The van der Waals surface area contributed by atoms with E-state index >= 15 is 0 Å². The lowest BCUT2D eigenvalue weighted by Crippen LogP contribution is -2.43. The lowest BCUT2D eigenvalue weighted by molar-refractivity contribution is -0.126. The van der Waals surface area contributed by atoms with E-state index in [1.54, 1.807) is 0 Å². The zero-order valence-electron chi connectivity index (χ0n) is 7.91. The summed E-state index contributed by atoms with van der Waals surface area (Å²) in [5.74, 6) is 0.794. The number of likely N-dealkylation sites (tertiary alicyclic amines) is 1. The van der Waals surface area contributed by atoms with E-state index in [9.17, 15) is 4.79 Å². The molecular formula is C10H17NO2.